The van der Waals surface area contributed by atoms with Crippen molar-refractivity contribution in [2.45, 2.75) is 6.42 Å². The molecular weight excluding hydrogens is 192 g/mol. The lowest BCUT2D eigenvalue weighted by Gasteiger charge is -2.19. The molecule has 3 heteroatoms. The van der Waals surface area contributed by atoms with Crippen molar-refractivity contribution in [1.29, 1.82) is 0 Å². The summed E-state index contributed by atoms with van der Waals surface area (Å²) in [5, 5.41) is 27.4. The summed E-state index contributed by atoms with van der Waals surface area (Å²) in [6, 6.07) is 6.90. The van der Waals surface area contributed by atoms with Gasteiger partial charge in [0.25, 0.3) is 0 Å². The summed E-state index contributed by atoms with van der Waals surface area (Å²) in [6.45, 7) is 3.73. The standard InChI is InChI=1S/C12H17O3/c1-9(7-13)11(8-14)5-10-3-2-4-12(15)6-10/h2-4,6,9,11,13-15H,1,5,7-8H2. The monoisotopic (exact) mass is 209 g/mol. The van der Waals surface area contributed by atoms with Crippen molar-refractivity contribution in [3.8, 4) is 5.75 Å². The Morgan fingerprint density at radius 2 is 1.93 bits per heavy atom. The van der Waals surface area contributed by atoms with Crippen molar-refractivity contribution in [2.75, 3.05) is 13.2 Å². The molecule has 83 valence electrons. The van der Waals surface area contributed by atoms with Crippen LogP contribution >= 0.6 is 0 Å². The van der Waals surface area contributed by atoms with E-state index in [0.29, 0.717) is 6.42 Å². The van der Waals surface area contributed by atoms with Gasteiger partial charge in [0.15, 0.2) is 0 Å². The zero-order chi connectivity index (χ0) is 11.3. The van der Waals surface area contributed by atoms with E-state index < -0.39 is 0 Å². The summed E-state index contributed by atoms with van der Waals surface area (Å²) in [4.78, 5) is 0. The SMILES string of the molecule is [CH2]C(CO)C(CO)Cc1cccc(O)c1. The van der Waals surface area contributed by atoms with Crippen LogP contribution in [0.2, 0.25) is 0 Å². The first-order valence-corrected chi connectivity index (χ1v) is 5.00. The molecule has 2 unspecified atom stereocenters. The number of hydrogen-bond donors (Lipinski definition) is 3. The van der Waals surface area contributed by atoms with E-state index in [2.05, 4.69) is 6.92 Å². The maximum Gasteiger partial charge on any atom is 0.115 e. The molecule has 0 fully saturated rings. The minimum absolute atomic E-state index is 0.00954. The van der Waals surface area contributed by atoms with E-state index in [-0.39, 0.29) is 30.8 Å². The molecule has 0 aliphatic heterocycles. The third-order valence-electron chi connectivity index (χ3n) is 2.54. The number of aliphatic hydroxyl groups excluding tert-OH is 2. The highest BCUT2D eigenvalue weighted by Gasteiger charge is 2.16. The first kappa shape index (κ1) is 12.0. The molecule has 0 aromatic heterocycles. The minimum Gasteiger partial charge on any atom is -0.508 e. The molecule has 1 aromatic rings. The maximum absolute atomic E-state index is 9.27. The average Bonchev–Trinajstić information content (AvgIpc) is 2.25. The molecule has 0 aliphatic carbocycles. The second kappa shape index (κ2) is 5.73. The zero-order valence-electron chi connectivity index (χ0n) is 8.63. The van der Waals surface area contributed by atoms with Crippen LogP contribution in [0.1, 0.15) is 5.56 Å². The van der Waals surface area contributed by atoms with Gasteiger partial charge in [-0.15, -0.1) is 0 Å². The van der Waals surface area contributed by atoms with Crippen LogP contribution in [0.4, 0.5) is 0 Å². The lowest BCUT2D eigenvalue weighted by Crippen LogP contribution is -2.21. The highest BCUT2D eigenvalue weighted by atomic mass is 16.3. The molecule has 3 N–H and O–H groups in total. The van der Waals surface area contributed by atoms with Gasteiger partial charge in [-0.2, -0.15) is 0 Å². The second-order valence-electron chi connectivity index (χ2n) is 3.76. The van der Waals surface area contributed by atoms with Crippen LogP contribution in [0.3, 0.4) is 0 Å². The Bertz CT molecular complexity index is 299. The zero-order valence-corrected chi connectivity index (χ0v) is 8.63. The number of benzene rings is 1. The van der Waals surface area contributed by atoms with Gasteiger partial charge < -0.3 is 15.3 Å². The van der Waals surface area contributed by atoms with Gasteiger partial charge in [0.2, 0.25) is 0 Å². The van der Waals surface area contributed by atoms with Crippen molar-refractivity contribution in [3.63, 3.8) is 0 Å². The normalized spacial score (nSPS) is 14.9. The number of rotatable bonds is 5. The fourth-order valence-corrected chi connectivity index (χ4v) is 1.52. The Balaban J connectivity index is 2.66. The van der Waals surface area contributed by atoms with Crippen LogP contribution in [0, 0.1) is 18.8 Å². The summed E-state index contributed by atoms with van der Waals surface area (Å²) >= 11 is 0. The van der Waals surface area contributed by atoms with Gasteiger partial charge in [-0.3, -0.25) is 0 Å². The first-order valence-electron chi connectivity index (χ1n) is 5.00. The Morgan fingerprint density at radius 3 is 2.47 bits per heavy atom. The van der Waals surface area contributed by atoms with E-state index in [1.54, 1.807) is 18.2 Å². The molecule has 2 atom stereocenters. The molecule has 0 saturated carbocycles. The molecule has 1 aromatic carbocycles. The Kier molecular flexibility index (Phi) is 4.59. The molecule has 15 heavy (non-hydrogen) atoms. The van der Waals surface area contributed by atoms with Crippen molar-refractivity contribution in [3.05, 3.63) is 36.8 Å². The van der Waals surface area contributed by atoms with Gasteiger partial charge in [-0.1, -0.05) is 12.1 Å². The van der Waals surface area contributed by atoms with Gasteiger partial charge in [0, 0.05) is 13.2 Å². The molecule has 0 amide bonds. The summed E-state index contributed by atoms with van der Waals surface area (Å²) in [6.07, 6.45) is 0.611. The lowest BCUT2D eigenvalue weighted by molar-refractivity contribution is 0.143. The van der Waals surface area contributed by atoms with E-state index in [9.17, 15) is 5.11 Å². The Hall–Kier alpha value is -1.06. The van der Waals surface area contributed by atoms with Gasteiger partial charge >= 0.3 is 0 Å². The average molecular weight is 209 g/mol. The summed E-state index contributed by atoms with van der Waals surface area (Å²) in [7, 11) is 0. The maximum atomic E-state index is 9.27. The van der Waals surface area contributed by atoms with Crippen molar-refractivity contribution in [1.82, 2.24) is 0 Å². The molecule has 0 saturated heterocycles. The highest BCUT2D eigenvalue weighted by molar-refractivity contribution is 5.27. The van der Waals surface area contributed by atoms with Crippen LogP contribution in [-0.2, 0) is 6.42 Å². The fraction of sp³-hybridized carbons (Fsp3) is 0.417. The molecule has 0 aliphatic rings. The second-order valence-corrected chi connectivity index (χ2v) is 3.76. The largest absolute Gasteiger partial charge is 0.508 e. The fourth-order valence-electron chi connectivity index (χ4n) is 1.52. The van der Waals surface area contributed by atoms with Gasteiger partial charge in [-0.05, 0) is 42.9 Å². The molecule has 3 nitrogen and oxygen atoms in total. The van der Waals surface area contributed by atoms with E-state index in [1.165, 1.54) is 0 Å². The predicted octanol–water partition coefficient (Wildman–Crippen LogP) is 0.986. The number of phenolic OH excluding ortho intramolecular Hbond substituents is 1. The van der Waals surface area contributed by atoms with Gasteiger partial charge in [0.05, 0.1) is 0 Å². The molecule has 0 heterocycles. The predicted molar refractivity (Wildman–Crippen MR) is 58.3 cm³/mol. The molecule has 1 rings (SSSR count). The van der Waals surface area contributed by atoms with Crippen LogP contribution < -0.4 is 0 Å². The van der Waals surface area contributed by atoms with Crippen molar-refractivity contribution >= 4 is 0 Å². The Labute approximate surface area is 90.0 Å². The van der Waals surface area contributed by atoms with E-state index in [1.807, 2.05) is 6.07 Å². The quantitative estimate of drug-likeness (QED) is 0.677. The summed E-state index contributed by atoms with van der Waals surface area (Å²) in [5.41, 5.74) is 0.941. The van der Waals surface area contributed by atoms with E-state index in [0.717, 1.165) is 5.56 Å². The number of aromatic hydroxyl groups is 1. The summed E-state index contributed by atoms with van der Waals surface area (Å²) < 4.78 is 0. The third-order valence-corrected chi connectivity index (χ3v) is 2.54. The molecule has 0 spiro atoms. The number of phenols is 1. The van der Waals surface area contributed by atoms with Crippen molar-refractivity contribution in [2.24, 2.45) is 11.8 Å². The van der Waals surface area contributed by atoms with E-state index >= 15 is 0 Å². The number of aliphatic hydroxyl groups is 2. The van der Waals surface area contributed by atoms with Crippen LogP contribution in [-0.4, -0.2) is 28.5 Å². The van der Waals surface area contributed by atoms with Gasteiger partial charge in [0.1, 0.15) is 5.75 Å². The van der Waals surface area contributed by atoms with Crippen LogP contribution in [0.15, 0.2) is 24.3 Å². The lowest BCUT2D eigenvalue weighted by atomic mass is 9.89. The van der Waals surface area contributed by atoms with Crippen LogP contribution in [0.25, 0.3) is 0 Å². The molecule has 1 radical (unpaired) electrons. The van der Waals surface area contributed by atoms with Crippen molar-refractivity contribution < 1.29 is 15.3 Å². The molecular formula is C12H17O3. The minimum atomic E-state index is -0.183. The molecule has 0 bridgehead atoms. The third kappa shape index (κ3) is 3.53. The highest BCUT2D eigenvalue weighted by Crippen LogP contribution is 2.19. The number of hydrogen-bond acceptors (Lipinski definition) is 3. The van der Waals surface area contributed by atoms with E-state index in [4.69, 9.17) is 10.2 Å². The van der Waals surface area contributed by atoms with Gasteiger partial charge in [-0.25, -0.2) is 0 Å². The summed E-state index contributed by atoms with van der Waals surface area (Å²) in [5.74, 6) is -0.0389. The smallest absolute Gasteiger partial charge is 0.115 e. The topological polar surface area (TPSA) is 60.7 Å². The Morgan fingerprint density at radius 1 is 1.20 bits per heavy atom. The van der Waals surface area contributed by atoms with Crippen LogP contribution in [0.5, 0.6) is 5.75 Å². The first-order chi connectivity index (χ1) is 7.17.